The van der Waals surface area contributed by atoms with E-state index in [1.807, 2.05) is 0 Å². The maximum atomic E-state index is 12.7. The number of esters is 1. The van der Waals surface area contributed by atoms with Crippen molar-refractivity contribution in [3.63, 3.8) is 0 Å². The molecule has 0 amide bonds. The van der Waals surface area contributed by atoms with Crippen LogP contribution >= 0.6 is 11.6 Å². The summed E-state index contributed by atoms with van der Waals surface area (Å²) in [5, 5.41) is 30.0. The molecule has 0 bridgehead atoms. The van der Waals surface area contributed by atoms with Crippen LogP contribution in [0.3, 0.4) is 0 Å². The van der Waals surface area contributed by atoms with Crippen LogP contribution in [-0.2, 0) is 16.0 Å². The largest absolute Gasteiger partial charge is 0.507 e. The molecule has 0 fully saturated rings. The lowest BCUT2D eigenvalue weighted by Gasteiger charge is -2.25. The summed E-state index contributed by atoms with van der Waals surface area (Å²) in [6, 6.07) is 0.961. The van der Waals surface area contributed by atoms with Gasteiger partial charge < -0.3 is 20.1 Å². The number of halogens is 1. The Hall–Kier alpha value is -2.05. The average Bonchev–Trinajstić information content (AvgIpc) is 2.54. The molecule has 0 aromatic heterocycles. The number of carbonyl (C=O) groups excluding carboxylic acids is 2. The second-order valence-electron chi connectivity index (χ2n) is 6.33. The molecule has 0 saturated heterocycles. The zero-order valence-electron chi connectivity index (χ0n) is 14.2. The van der Waals surface area contributed by atoms with Crippen molar-refractivity contribution in [2.45, 2.75) is 45.8 Å². The predicted molar refractivity (Wildman–Crippen MR) is 91.9 cm³/mol. The number of aliphatic hydroxyl groups is 1. The van der Waals surface area contributed by atoms with Crippen LogP contribution < -0.4 is 0 Å². The fourth-order valence-electron chi connectivity index (χ4n) is 2.72. The molecule has 136 valence electrons. The molecule has 1 heterocycles. The van der Waals surface area contributed by atoms with Gasteiger partial charge in [0.2, 0.25) is 0 Å². The highest BCUT2D eigenvalue weighted by atomic mass is 35.5. The van der Waals surface area contributed by atoms with Crippen molar-refractivity contribution >= 4 is 23.4 Å². The number of allylic oxidation sites excluding steroid dienone is 1. The number of aliphatic hydroxyl groups excluding tert-OH is 1. The van der Waals surface area contributed by atoms with Gasteiger partial charge in [-0.3, -0.25) is 9.59 Å². The maximum Gasteiger partial charge on any atom is 0.310 e. The number of phenols is 2. The summed E-state index contributed by atoms with van der Waals surface area (Å²) in [5.41, 5.74) is 0.165. The van der Waals surface area contributed by atoms with Gasteiger partial charge in [0.25, 0.3) is 0 Å². The first-order valence-corrected chi connectivity index (χ1v) is 8.33. The summed E-state index contributed by atoms with van der Waals surface area (Å²) in [7, 11) is 0. The third kappa shape index (κ3) is 3.96. The first-order chi connectivity index (χ1) is 11.6. The maximum absolute atomic E-state index is 12.7. The van der Waals surface area contributed by atoms with E-state index in [0.717, 1.165) is 6.07 Å². The van der Waals surface area contributed by atoms with E-state index < -0.39 is 35.5 Å². The van der Waals surface area contributed by atoms with Crippen LogP contribution in [0.5, 0.6) is 11.5 Å². The first kappa shape index (κ1) is 19.3. The molecule has 1 aromatic carbocycles. The Morgan fingerprint density at radius 3 is 2.48 bits per heavy atom. The van der Waals surface area contributed by atoms with E-state index in [2.05, 4.69) is 0 Å². The van der Waals surface area contributed by atoms with Crippen molar-refractivity contribution in [3.05, 3.63) is 33.9 Å². The van der Waals surface area contributed by atoms with E-state index in [1.165, 1.54) is 0 Å². The van der Waals surface area contributed by atoms with Crippen molar-refractivity contribution < 1.29 is 29.6 Å². The van der Waals surface area contributed by atoms with Crippen LogP contribution in [0.25, 0.3) is 0 Å². The summed E-state index contributed by atoms with van der Waals surface area (Å²) in [4.78, 5) is 24.9. The molecule has 25 heavy (non-hydrogen) atoms. The molecule has 3 atom stereocenters. The fourth-order valence-corrected chi connectivity index (χ4v) is 2.93. The standard InChI is InChI=1S/C18H21ClO6/c1-8-4-5-12(20)9(2)10(3)25-15(23)6-11-16(18(8)24)13(21)7-14(22)17(11)19/h4,7,9-10,12,20-22H,5-6H2,1-3H3/b8-4-/t9-,10-,12-/m1/s1. The van der Waals surface area contributed by atoms with Gasteiger partial charge in [0, 0.05) is 17.5 Å². The zero-order valence-corrected chi connectivity index (χ0v) is 15.0. The Labute approximate surface area is 150 Å². The zero-order chi connectivity index (χ0) is 18.9. The predicted octanol–water partition coefficient (Wildman–Crippen LogP) is 2.76. The van der Waals surface area contributed by atoms with Crippen LogP contribution in [0.2, 0.25) is 5.02 Å². The van der Waals surface area contributed by atoms with E-state index in [-0.39, 0.29) is 34.9 Å². The molecular formula is C18H21ClO6. The lowest BCUT2D eigenvalue weighted by Crippen LogP contribution is -2.32. The highest BCUT2D eigenvalue weighted by Gasteiger charge is 2.29. The molecule has 0 unspecified atom stereocenters. The second-order valence-corrected chi connectivity index (χ2v) is 6.71. The SMILES string of the molecule is C/C1=C/C[C@@H](O)[C@H](C)[C@@H](C)OC(=O)Cc2c(Cl)c(O)cc(O)c2C1=O. The minimum atomic E-state index is -0.790. The quantitative estimate of drug-likeness (QED) is 0.608. The highest BCUT2D eigenvalue weighted by Crippen LogP contribution is 2.38. The van der Waals surface area contributed by atoms with Crippen LogP contribution in [-0.4, -0.2) is 39.3 Å². The minimum Gasteiger partial charge on any atom is -0.507 e. The van der Waals surface area contributed by atoms with Gasteiger partial charge in [-0.05, 0) is 25.8 Å². The van der Waals surface area contributed by atoms with Gasteiger partial charge in [0.05, 0.1) is 23.1 Å². The lowest BCUT2D eigenvalue weighted by molar-refractivity contribution is -0.151. The summed E-state index contributed by atoms with van der Waals surface area (Å²) < 4.78 is 5.31. The van der Waals surface area contributed by atoms with Crippen molar-refractivity contribution in [2.75, 3.05) is 0 Å². The Morgan fingerprint density at radius 1 is 1.20 bits per heavy atom. The third-order valence-electron chi connectivity index (χ3n) is 4.56. The van der Waals surface area contributed by atoms with Crippen LogP contribution in [0, 0.1) is 5.92 Å². The minimum absolute atomic E-state index is 0.0166. The van der Waals surface area contributed by atoms with Gasteiger partial charge in [-0.25, -0.2) is 0 Å². The van der Waals surface area contributed by atoms with Gasteiger partial charge in [0.15, 0.2) is 5.78 Å². The third-order valence-corrected chi connectivity index (χ3v) is 4.98. The molecule has 6 nitrogen and oxygen atoms in total. The summed E-state index contributed by atoms with van der Waals surface area (Å²) in [6.07, 6.45) is 0.0370. The normalized spacial score (nSPS) is 27.4. The number of ketones is 1. The number of ether oxygens (including phenoxy) is 1. The molecule has 1 aliphatic rings. The Balaban J connectivity index is 2.62. The Morgan fingerprint density at radius 2 is 1.84 bits per heavy atom. The molecule has 2 rings (SSSR count). The monoisotopic (exact) mass is 368 g/mol. The number of Topliss-reactive ketones (excluding diaryl/α,β-unsaturated/α-hetero) is 1. The van der Waals surface area contributed by atoms with Gasteiger partial charge in [0.1, 0.15) is 17.6 Å². The van der Waals surface area contributed by atoms with E-state index in [1.54, 1.807) is 26.8 Å². The van der Waals surface area contributed by atoms with Gasteiger partial charge in [-0.2, -0.15) is 0 Å². The van der Waals surface area contributed by atoms with Gasteiger partial charge in [-0.1, -0.05) is 24.6 Å². The average molecular weight is 369 g/mol. The smallest absolute Gasteiger partial charge is 0.310 e. The van der Waals surface area contributed by atoms with Crippen molar-refractivity contribution in [3.8, 4) is 11.5 Å². The Kier molecular flexibility index (Phi) is 5.75. The molecule has 0 saturated carbocycles. The summed E-state index contributed by atoms with van der Waals surface area (Å²) >= 11 is 6.06. The number of hydrogen-bond acceptors (Lipinski definition) is 6. The molecule has 7 heteroatoms. The number of carbonyl (C=O) groups is 2. The van der Waals surface area contributed by atoms with Gasteiger partial charge in [-0.15, -0.1) is 0 Å². The highest BCUT2D eigenvalue weighted by molar-refractivity contribution is 6.34. The summed E-state index contributed by atoms with van der Waals surface area (Å²) in [6.45, 7) is 4.97. The number of rotatable bonds is 0. The van der Waals surface area contributed by atoms with Crippen molar-refractivity contribution in [1.29, 1.82) is 0 Å². The van der Waals surface area contributed by atoms with E-state index in [9.17, 15) is 24.9 Å². The van der Waals surface area contributed by atoms with Crippen LogP contribution in [0.15, 0.2) is 17.7 Å². The molecule has 3 N–H and O–H groups in total. The number of phenolic OH excluding ortho intramolecular Hbond substituents is 2. The number of aromatic hydroxyl groups is 2. The van der Waals surface area contributed by atoms with E-state index in [4.69, 9.17) is 16.3 Å². The number of cyclic esters (lactones) is 1. The topological polar surface area (TPSA) is 104 Å². The molecule has 0 spiro atoms. The fraction of sp³-hybridized carbons (Fsp3) is 0.444. The van der Waals surface area contributed by atoms with Crippen molar-refractivity contribution in [1.82, 2.24) is 0 Å². The molecular weight excluding hydrogens is 348 g/mol. The lowest BCUT2D eigenvalue weighted by atomic mass is 9.92. The van der Waals surface area contributed by atoms with Crippen molar-refractivity contribution in [2.24, 2.45) is 5.92 Å². The Bertz CT molecular complexity index is 740. The van der Waals surface area contributed by atoms with E-state index in [0.29, 0.717) is 5.57 Å². The molecule has 0 radical (unpaired) electrons. The van der Waals surface area contributed by atoms with E-state index >= 15 is 0 Å². The van der Waals surface area contributed by atoms with Crippen LogP contribution in [0.4, 0.5) is 0 Å². The molecule has 1 aromatic rings. The molecule has 0 aliphatic carbocycles. The second kappa shape index (κ2) is 7.45. The molecule has 1 aliphatic heterocycles. The van der Waals surface area contributed by atoms with Gasteiger partial charge >= 0.3 is 5.97 Å². The first-order valence-electron chi connectivity index (χ1n) is 7.95. The van der Waals surface area contributed by atoms with Crippen LogP contribution in [0.1, 0.15) is 43.1 Å². The number of hydrogen-bond donors (Lipinski definition) is 3. The number of benzene rings is 1. The number of fused-ring (bicyclic) bond motifs is 1. The summed E-state index contributed by atoms with van der Waals surface area (Å²) in [5.74, 6) is -2.44.